The summed E-state index contributed by atoms with van der Waals surface area (Å²) in [6, 6.07) is 20.2. The van der Waals surface area contributed by atoms with Crippen molar-refractivity contribution in [1.82, 2.24) is 14.7 Å². The number of piperazine rings is 1. The largest absolute Gasteiger partial charge is 0.385 e. The molecule has 0 unspecified atom stereocenters. The van der Waals surface area contributed by atoms with E-state index < -0.39 is 5.60 Å². The number of benzene rings is 2. The number of amides is 1. The van der Waals surface area contributed by atoms with Crippen LogP contribution in [0, 0.1) is 0 Å². The fourth-order valence-corrected chi connectivity index (χ4v) is 4.29. The third-order valence-electron chi connectivity index (χ3n) is 6.30. The molecule has 0 radical (unpaired) electrons. The van der Waals surface area contributed by atoms with Gasteiger partial charge >= 0.3 is 0 Å². The van der Waals surface area contributed by atoms with Crippen molar-refractivity contribution in [3.8, 4) is 0 Å². The minimum absolute atomic E-state index is 0.201. The van der Waals surface area contributed by atoms with Gasteiger partial charge < -0.3 is 14.9 Å². The molecule has 0 spiro atoms. The van der Waals surface area contributed by atoms with Crippen molar-refractivity contribution in [2.24, 2.45) is 0 Å². The molecule has 2 aromatic carbocycles. The normalized spacial score (nSPS) is 19.9. The van der Waals surface area contributed by atoms with E-state index in [0.717, 1.165) is 44.8 Å². The van der Waals surface area contributed by atoms with E-state index >= 15 is 0 Å². The molecule has 0 bridgehead atoms. The average molecular weight is 406 g/mol. The zero-order chi connectivity index (χ0) is 20.8. The van der Waals surface area contributed by atoms with Crippen LogP contribution in [-0.4, -0.2) is 71.5 Å². The molecule has 2 aliphatic rings. The third kappa shape index (κ3) is 5.10. The number of carbonyl (C=O) groups is 1. The standard InChI is InChI=1S/C25H31N3O2/c29-24(21-27-15-12-25(30,13-16-27)23-9-5-2-6-10-23)28-19-17-26(18-20-28)14-11-22-7-3-1-4-8-22/h1-11,14,30H,12-13,15-21H2. The molecule has 30 heavy (non-hydrogen) atoms. The van der Waals surface area contributed by atoms with Crippen LogP contribution < -0.4 is 0 Å². The molecule has 1 amide bonds. The van der Waals surface area contributed by atoms with Crippen LogP contribution in [-0.2, 0) is 10.4 Å². The zero-order valence-electron chi connectivity index (χ0n) is 17.5. The highest BCUT2D eigenvalue weighted by molar-refractivity contribution is 5.78. The van der Waals surface area contributed by atoms with Gasteiger partial charge in [-0.1, -0.05) is 60.7 Å². The minimum Gasteiger partial charge on any atom is -0.385 e. The first-order chi connectivity index (χ1) is 14.6. The van der Waals surface area contributed by atoms with Crippen molar-refractivity contribution in [1.29, 1.82) is 0 Å². The summed E-state index contributed by atoms with van der Waals surface area (Å²) in [5.74, 6) is 0.201. The van der Waals surface area contributed by atoms with Gasteiger partial charge in [-0.15, -0.1) is 0 Å². The van der Waals surface area contributed by atoms with Gasteiger partial charge in [-0.3, -0.25) is 9.69 Å². The molecular weight excluding hydrogens is 374 g/mol. The van der Waals surface area contributed by atoms with Crippen LogP contribution in [0.5, 0.6) is 0 Å². The summed E-state index contributed by atoms with van der Waals surface area (Å²) in [4.78, 5) is 19.2. The molecule has 2 saturated heterocycles. The maximum Gasteiger partial charge on any atom is 0.236 e. The lowest BCUT2D eigenvalue weighted by atomic mass is 9.84. The summed E-state index contributed by atoms with van der Waals surface area (Å²) in [6.07, 6.45) is 5.59. The molecule has 2 heterocycles. The SMILES string of the molecule is O=C(CN1CCC(O)(c2ccccc2)CC1)N1CCN(C=Cc2ccccc2)CC1. The van der Waals surface area contributed by atoms with Crippen molar-refractivity contribution >= 4 is 12.0 Å². The second-order valence-electron chi connectivity index (χ2n) is 8.32. The van der Waals surface area contributed by atoms with E-state index in [1.54, 1.807) is 0 Å². The Morgan fingerprint density at radius 1 is 0.867 bits per heavy atom. The van der Waals surface area contributed by atoms with Gasteiger partial charge in [-0.2, -0.15) is 0 Å². The Bertz CT molecular complexity index is 837. The first-order valence-corrected chi connectivity index (χ1v) is 10.9. The lowest BCUT2D eigenvalue weighted by molar-refractivity contribution is -0.135. The number of hydrogen-bond acceptors (Lipinski definition) is 4. The number of hydrogen-bond donors (Lipinski definition) is 1. The zero-order valence-corrected chi connectivity index (χ0v) is 17.5. The molecule has 2 aromatic rings. The Morgan fingerprint density at radius 2 is 1.47 bits per heavy atom. The lowest BCUT2D eigenvalue weighted by Gasteiger charge is -2.40. The van der Waals surface area contributed by atoms with Crippen molar-refractivity contribution in [3.63, 3.8) is 0 Å². The first-order valence-electron chi connectivity index (χ1n) is 10.9. The van der Waals surface area contributed by atoms with Gasteiger partial charge in [0.25, 0.3) is 0 Å². The smallest absolute Gasteiger partial charge is 0.236 e. The van der Waals surface area contributed by atoms with Gasteiger partial charge in [0.05, 0.1) is 12.1 Å². The molecule has 2 aliphatic heterocycles. The van der Waals surface area contributed by atoms with E-state index in [9.17, 15) is 9.90 Å². The van der Waals surface area contributed by atoms with E-state index in [1.165, 1.54) is 5.56 Å². The molecular formula is C25H31N3O2. The van der Waals surface area contributed by atoms with Crippen LogP contribution in [0.2, 0.25) is 0 Å². The summed E-state index contributed by atoms with van der Waals surface area (Å²) in [5.41, 5.74) is 1.41. The van der Waals surface area contributed by atoms with E-state index in [-0.39, 0.29) is 5.91 Å². The molecule has 5 nitrogen and oxygen atoms in total. The number of piperidine rings is 1. The first kappa shape index (κ1) is 20.6. The van der Waals surface area contributed by atoms with Crippen LogP contribution in [0.15, 0.2) is 66.9 Å². The van der Waals surface area contributed by atoms with Crippen molar-refractivity contribution in [2.45, 2.75) is 18.4 Å². The molecule has 158 valence electrons. The quantitative estimate of drug-likeness (QED) is 0.831. The summed E-state index contributed by atoms with van der Waals surface area (Å²) in [5, 5.41) is 11.0. The number of aliphatic hydroxyl groups is 1. The highest BCUT2D eigenvalue weighted by Gasteiger charge is 2.34. The van der Waals surface area contributed by atoms with Crippen molar-refractivity contribution in [3.05, 3.63) is 78.0 Å². The van der Waals surface area contributed by atoms with Gasteiger partial charge in [0.1, 0.15) is 0 Å². The summed E-state index contributed by atoms with van der Waals surface area (Å²) in [7, 11) is 0. The Kier molecular flexibility index (Phi) is 6.50. The summed E-state index contributed by atoms with van der Waals surface area (Å²) < 4.78 is 0. The van der Waals surface area contributed by atoms with E-state index in [2.05, 4.69) is 34.2 Å². The predicted octanol–water partition coefficient (Wildman–Crippen LogP) is 2.79. The van der Waals surface area contributed by atoms with Gasteiger partial charge in [-0.25, -0.2) is 0 Å². The monoisotopic (exact) mass is 405 g/mol. The summed E-state index contributed by atoms with van der Waals surface area (Å²) in [6.45, 7) is 5.20. The van der Waals surface area contributed by atoms with Crippen LogP contribution in [0.25, 0.3) is 6.08 Å². The predicted molar refractivity (Wildman–Crippen MR) is 120 cm³/mol. The fourth-order valence-electron chi connectivity index (χ4n) is 4.29. The molecule has 4 rings (SSSR count). The van der Waals surface area contributed by atoms with Crippen LogP contribution in [0.4, 0.5) is 0 Å². The fraction of sp³-hybridized carbons (Fsp3) is 0.400. The molecule has 2 fully saturated rings. The van der Waals surface area contributed by atoms with Crippen LogP contribution >= 0.6 is 0 Å². The second kappa shape index (κ2) is 9.45. The average Bonchev–Trinajstić information content (AvgIpc) is 2.81. The van der Waals surface area contributed by atoms with Gasteiger partial charge in [0.15, 0.2) is 0 Å². The minimum atomic E-state index is -0.766. The maximum absolute atomic E-state index is 12.8. The molecule has 0 saturated carbocycles. The summed E-state index contributed by atoms with van der Waals surface area (Å²) >= 11 is 0. The van der Waals surface area contributed by atoms with Gasteiger partial charge in [0, 0.05) is 39.3 Å². The number of rotatable bonds is 5. The highest BCUT2D eigenvalue weighted by Crippen LogP contribution is 2.32. The Hall–Kier alpha value is -2.63. The Balaban J connectivity index is 1.22. The molecule has 1 N–H and O–H groups in total. The van der Waals surface area contributed by atoms with E-state index in [4.69, 9.17) is 0 Å². The van der Waals surface area contributed by atoms with Crippen molar-refractivity contribution in [2.75, 3.05) is 45.8 Å². The highest BCUT2D eigenvalue weighted by atomic mass is 16.3. The van der Waals surface area contributed by atoms with E-state index in [0.29, 0.717) is 19.4 Å². The lowest BCUT2D eigenvalue weighted by Crippen LogP contribution is -2.51. The van der Waals surface area contributed by atoms with Crippen LogP contribution in [0.3, 0.4) is 0 Å². The topological polar surface area (TPSA) is 47.0 Å². The number of nitrogens with zero attached hydrogens (tertiary/aromatic N) is 3. The second-order valence-corrected chi connectivity index (χ2v) is 8.32. The molecule has 0 aromatic heterocycles. The van der Waals surface area contributed by atoms with Gasteiger partial charge in [-0.05, 0) is 36.2 Å². The molecule has 5 heteroatoms. The Labute approximate surface area is 179 Å². The molecule has 0 aliphatic carbocycles. The molecule has 0 atom stereocenters. The van der Waals surface area contributed by atoms with Crippen molar-refractivity contribution < 1.29 is 9.90 Å². The van der Waals surface area contributed by atoms with Gasteiger partial charge in [0.2, 0.25) is 5.91 Å². The van der Waals surface area contributed by atoms with E-state index in [1.807, 2.05) is 53.4 Å². The third-order valence-corrected chi connectivity index (χ3v) is 6.30. The maximum atomic E-state index is 12.8. The Morgan fingerprint density at radius 3 is 2.10 bits per heavy atom. The van der Waals surface area contributed by atoms with Crippen LogP contribution in [0.1, 0.15) is 24.0 Å². The number of carbonyl (C=O) groups excluding carboxylic acids is 1. The number of likely N-dealkylation sites (tertiary alicyclic amines) is 1.